The molecule has 0 aliphatic carbocycles. The van der Waals surface area contributed by atoms with Gasteiger partial charge in [-0.25, -0.2) is 0 Å². The predicted octanol–water partition coefficient (Wildman–Crippen LogP) is 3.67. The molecule has 0 unspecified atom stereocenters. The fraction of sp³-hybridized carbons (Fsp3) is 0.409. The van der Waals surface area contributed by atoms with E-state index in [2.05, 4.69) is 45.4 Å². The minimum absolute atomic E-state index is 0.0490. The van der Waals surface area contributed by atoms with Gasteiger partial charge in [0.1, 0.15) is 0 Å². The van der Waals surface area contributed by atoms with Crippen molar-refractivity contribution in [1.29, 1.82) is 0 Å². The molecule has 4 nitrogen and oxygen atoms in total. The van der Waals surface area contributed by atoms with E-state index in [9.17, 15) is 4.79 Å². The molecule has 1 N–H and O–H groups in total. The monoisotopic (exact) mass is 385 g/mol. The Kier molecular flexibility index (Phi) is 7.69. The summed E-state index contributed by atoms with van der Waals surface area (Å²) in [5.41, 5.74) is 2.01. The second kappa shape index (κ2) is 10.5. The Balaban J connectivity index is 1.27. The van der Waals surface area contributed by atoms with Gasteiger partial charge >= 0.3 is 0 Å². The average molecular weight is 386 g/mol. The summed E-state index contributed by atoms with van der Waals surface area (Å²) in [7, 11) is 0. The quantitative estimate of drug-likeness (QED) is 0.704. The molecule has 5 heteroatoms. The van der Waals surface area contributed by atoms with Gasteiger partial charge in [-0.3, -0.25) is 9.69 Å². The van der Waals surface area contributed by atoms with Crippen molar-refractivity contribution in [3.8, 4) is 0 Å². The maximum Gasteiger partial charge on any atom is 0.251 e. The number of halogens is 1. The SMILES string of the molecule is O=C(NCCCCN1CCN(Cc2ccccc2)CC1)c1cccc(Cl)c1. The molecule has 144 valence electrons. The first kappa shape index (κ1) is 19.9. The zero-order valence-corrected chi connectivity index (χ0v) is 16.5. The number of hydrogen-bond donors (Lipinski definition) is 1. The Hall–Kier alpha value is -1.88. The van der Waals surface area contributed by atoms with Crippen LogP contribution in [0, 0.1) is 0 Å². The highest BCUT2D eigenvalue weighted by molar-refractivity contribution is 6.30. The number of rotatable bonds is 8. The smallest absolute Gasteiger partial charge is 0.251 e. The van der Waals surface area contributed by atoms with Crippen LogP contribution in [0.2, 0.25) is 5.02 Å². The Morgan fingerprint density at radius 3 is 2.41 bits per heavy atom. The van der Waals surface area contributed by atoms with Gasteiger partial charge in [-0.15, -0.1) is 0 Å². The zero-order chi connectivity index (χ0) is 18.9. The Morgan fingerprint density at radius 2 is 1.67 bits per heavy atom. The van der Waals surface area contributed by atoms with E-state index in [-0.39, 0.29) is 5.91 Å². The number of benzene rings is 2. The minimum Gasteiger partial charge on any atom is -0.352 e. The average Bonchev–Trinajstić information content (AvgIpc) is 2.69. The van der Waals surface area contributed by atoms with Crippen molar-refractivity contribution in [2.24, 2.45) is 0 Å². The molecule has 1 amide bonds. The summed E-state index contributed by atoms with van der Waals surface area (Å²) in [6.07, 6.45) is 2.10. The second-order valence-electron chi connectivity index (χ2n) is 7.08. The van der Waals surface area contributed by atoms with Crippen molar-refractivity contribution in [3.05, 3.63) is 70.7 Å². The molecule has 1 aliphatic heterocycles. The summed E-state index contributed by atoms with van der Waals surface area (Å²) in [6.45, 7) is 7.36. The van der Waals surface area contributed by atoms with E-state index in [1.165, 1.54) is 5.56 Å². The van der Waals surface area contributed by atoms with Crippen LogP contribution < -0.4 is 5.32 Å². The number of carbonyl (C=O) groups excluding carboxylic acids is 1. The molecule has 3 rings (SSSR count). The minimum atomic E-state index is -0.0490. The molecule has 1 heterocycles. The van der Waals surface area contributed by atoms with Gasteiger partial charge in [0.2, 0.25) is 0 Å². The molecule has 0 saturated carbocycles. The van der Waals surface area contributed by atoms with E-state index in [1.54, 1.807) is 24.3 Å². The molecule has 2 aromatic rings. The molecule has 27 heavy (non-hydrogen) atoms. The maximum atomic E-state index is 12.1. The molecule has 2 aromatic carbocycles. The lowest BCUT2D eigenvalue weighted by Crippen LogP contribution is -2.46. The molecular weight excluding hydrogens is 358 g/mol. The zero-order valence-electron chi connectivity index (χ0n) is 15.7. The highest BCUT2D eigenvalue weighted by Gasteiger charge is 2.16. The van der Waals surface area contributed by atoms with E-state index in [1.807, 2.05) is 0 Å². The first-order valence-electron chi connectivity index (χ1n) is 9.73. The van der Waals surface area contributed by atoms with Crippen LogP contribution in [-0.4, -0.2) is 55.0 Å². The first-order valence-corrected chi connectivity index (χ1v) is 10.1. The van der Waals surface area contributed by atoms with Gasteiger partial charge in [0, 0.05) is 49.9 Å². The van der Waals surface area contributed by atoms with Crippen molar-refractivity contribution in [2.45, 2.75) is 19.4 Å². The van der Waals surface area contributed by atoms with E-state index in [0.717, 1.165) is 52.1 Å². The van der Waals surface area contributed by atoms with Gasteiger partial charge in [0.25, 0.3) is 5.91 Å². The Morgan fingerprint density at radius 1 is 0.926 bits per heavy atom. The summed E-state index contributed by atoms with van der Waals surface area (Å²) < 4.78 is 0. The maximum absolute atomic E-state index is 12.1. The first-order chi connectivity index (χ1) is 13.2. The lowest BCUT2D eigenvalue weighted by atomic mass is 10.2. The van der Waals surface area contributed by atoms with Crippen LogP contribution >= 0.6 is 11.6 Å². The molecule has 0 aromatic heterocycles. The second-order valence-corrected chi connectivity index (χ2v) is 7.51. The normalized spacial score (nSPS) is 15.6. The van der Waals surface area contributed by atoms with Gasteiger partial charge in [0.05, 0.1) is 0 Å². The molecule has 1 aliphatic rings. The molecule has 1 fully saturated rings. The molecule has 0 radical (unpaired) electrons. The topological polar surface area (TPSA) is 35.6 Å². The van der Waals surface area contributed by atoms with Crippen LogP contribution in [0.4, 0.5) is 0 Å². The van der Waals surface area contributed by atoms with Crippen LogP contribution in [0.25, 0.3) is 0 Å². The predicted molar refractivity (Wildman–Crippen MR) is 111 cm³/mol. The number of unbranched alkanes of at least 4 members (excludes halogenated alkanes) is 1. The van der Waals surface area contributed by atoms with Crippen LogP contribution in [0.5, 0.6) is 0 Å². The summed E-state index contributed by atoms with van der Waals surface area (Å²) in [4.78, 5) is 17.1. The number of amides is 1. The number of nitrogens with zero attached hydrogens (tertiary/aromatic N) is 2. The molecule has 0 spiro atoms. The number of piperazine rings is 1. The van der Waals surface area contributed by atoms with Crippen molar-refractivity contribution >= 4 is 17.5 Å². The van der Waals surface area contributed by atoms with Crippen LogP contribution in [0.3, 0.4) is 0 Å². The third-order valence-corrected chi connectivity index (χ3v) is 5.22. The Bertz CT molecular complexity index is 715. The highest BCUT2D eigenvalue weighted by atomic mass is 35.5. The standard InChI is InChI=1S/C22H28ClN3O/c23-21-10-6-9-20(17-21)22(27)24-11-4-5-12-25-13-15-26(16-14-25)18-19-7-2-1-3-8-19/h1-3,6-10,17H,4-5,11-16,18H2,(H,24,27). The summed E-state index contributed by atoms with van der Waals surface area (Å²) >= 11 is 5.93. The van der Waals surface area contributed by atoms with E-state index in [4.69, 9.17) is 11.6 Å². The number of carbonyl (C=O) groups is 1. The fourth-order valence-corrected chi connectivity index (χ4v) is 3.60. The highest BCUT2D eigenvalue weighted by Crippen LogP contribution is 2.11. The van der Waals surface area contributed by atoms with Crippen molar-refractivity contribution in [2.75, 3.05) is 39.3 Å². The molecular formula is C22H28ClN3O. The van der Waals surface area contributed by atoms with Crippen molar-refractivity contribution in [3.63, 3.8) is 0 Å². The van der Waals surface area contributed by atoms with Crippen LogP contribution in [0.1, 0.15) is 28.8 Å². The lowest BCUT2D eigenvalue weighted by molar-refractivity contribution is 0.0951. The molecule has 0 bridgehead atoms. The molecule has 0 atom stereocenters. The van der Waals surface area contributed by atoms with E-state index in [0.29, 0.717) is 17.1 Å². The largest absolute Gasteiger partial charge is 0.352 e. The van der Waals surface area contributed by atoms with Crippen molar-refractivity contribution in [1.82, 2.24) is 15.1 Å². The number of nitrogens with one attached hydrogen (secondary N) is 1. The lowest BCUT2D eigenvalue weighted by Gasteiger charge is -2.34. The van der Waals surface area contributed by atoms with E-state index < -0.39 is 0 Å². The summed E-state index contributed by atoms with van der Waals surface area (Å²) in [5, 5.41) is 3.57. The molecule has 1 saturated heterocycles. The van der Waals surface area contributed by atoms with Crippen molar-refractivity contribution < 1.29 is 4.79 Å². The van der Waals surface area contributed by atoms with E-state index >= 15 is 0 Å². The number of hydrogen-bond acceptors (Lipinski definition) is 3. The van der Waals surface area contributed by atoms with Gasteiger partial charge < -0.3 is 10.2 Å². The summed E-state index contributed by atoms with van der Waals surface area (Å²) in [6, 6.07) is 17.7. The van der Waals surface area contributed by atoms with Gasteiger partial charge in [-0.05, 0) is 43.1 Å². The third kappa shape index (κ3) is 6.65. The van der Waals surface area contributed by atoms with Gasteiger partial charge in [0.15, 0.2) is 0 Å². The van der Waals surface area contributed by atoms with Crippen LogP contribution in [-0.2, 0) is 6.54 Å². The Labute approximate surface area is 167 Å². The third-order valence-electron chi connectivity index (χ3n) is 4.99. The van der Waals surface area contributed by atoms with Gasteiger partial charge in [-0.2, -0.15) is 0 Å². The van der Waals surface area contributed by atoms with Gasteiger partial charge in [-0.1, -0.05) is 48.0 Å². The van der Waals surface area contributed by atoms with Crippen LogP contribution in [0.15, 0.2) is 54.6 Å². The fourth-order valence-electron chi connectivity index (χ4n) is 3.41. The summed E-state index contributed by atoms with van der Waals surface area (Å²) in [5.74, 6) is -0.0490.